The summed E-state index contributed by atoms with van der Waals surface area (Å²) in [4.78, 5) is 4.04. The number of nitrogen functional groups attached to an aromatic ring is 1. The molecule has 0 saturated heterocycles. The second-order valence-electron chi connectivity index (χ2n) is 2.44. The number of hydrogen-bond acceptors (Lipinski definition) is 4. The fraction of sp³-hybridized carbons (Fsp3) is 0. The molecule has 1 heterocycles. The van der Waals surface area contributed by atoms with Gasteiger partial charge in [0.1, 0.15) is 0 Å². The van der Waals surface area contributed by atoms with Crippen molar-refractivity contribution in [1.82, 2.24) is 9.36 Å². The third-order valence-corrected chi connectivity index (χ3v) is 2.43. The van der Waals surface area contributed by atoms with Gasteiger partial charge in [-0.25, -0.2) is 0 Å². The molecule has 66 valence electrons. The summed E-state index contributed by atoms with van der Waals surface area (Å²) >= 11 is 7.12. The van der Waals surface area contributed by atoms with Crippen molar-refractivity contribution in [2.24, 2.45) is 0 Å². The van der Waals surface area contributed by atoms with E-state index in [1.165, 1.54) is 11.5 Å². The first-order chi connectivity index (χ1) is 6.27. The van der Waals surface area contributed by atoms with Crippen molar-refractivity contribution in [2.75, 3.05) is 5.73 Å². The molecule has 0 unspecified atom stereocenters. The van der Waals surface area contributed by atoms with Gasteiger partial charge in [-0.15, -0.1) is 0 Å². The Bertz CT molecular complexity index is 427. The monoisotopic (exact) mass is 211 g/mol. The lowest BCUT2D eigenvalue weighted by atomic mass is 10.2. The van der Waals surface area contributed by atoms with Crippen LogP contribution >= 0.6 is 23.1 Å². The van der Waals surface area contributed by atoms with Gasteiger partial charge in [-0.05, 0) is 12.1 Å². The van der Waals surface area contributed by atoms with Crippen molar-refractivity contribution in [3.05, 3.63) is 29.3 Å². The second kappa shape index (κ2) is 3.32. The van der Waals surface area contributed by atoms with Crippen LogP contribution in [0.5, 0.6) is 0 Å². The summed E-state index contributed by atoms with van der Waals surface area (Å²) in [5.41, 5.74) is 6.28. The van der Waals surface area contributed by atoms with Crippen LogP contribution in [0.3, 0.4) is 0 Å². The van der Waals surface area contributed by atoms with E-state index in [9.17, 15) is 0 Å². The van der Waals surface area contributed by atoms with E-state index in [-0.39, 0.29) is 0 Å². The zero-order chi connectivity index (χ0) is 9.26. The molecule has 5 heteroatoms. The lowest BCUT2D eigenvalue weighted by molar-refractivity contribution is 1.33. The van der Waals surface area contributed by atoms with Gasteiger partial charge in [-0.2, -0.15) is 9.36 Å². The van der Waals surface area contributed by atoms with Crippen molar-refractivity contribution in [3.63, 3.8) is 0 Å². The largest absolute Gasteiger partial charge is 0.374 e. The Morgan fingerprint density at radius 3 is 2.69 bits per heavy atom. The normalized spacial score (nSPS) is 10.2. The first kappa shape index (κ1) is 8.47. The van der Waals surface area contributed by atoms with Crippen molar-refractivity contribution < 1.29 is 0 Å². The molecule has 0 fully saturated rings. The zero-order valence-corrected chi connectivity index (χ0v) is 8.14. The van der Waals surface area contributed by atoms with Crippen LogP contribution in [0.15, 0.2) is 24.3 Å². The van der Waals surface area contributed by atoms with E-state index in [4.69, 9.17) is 17.3 Å². The summed E-state index contributed by atoms with van der Waals surface area (Å²) in [6, 6.07) is 7.41. The lowest BCUT2D eigenvalue weighted by Crippen LogP contribution is -1.84. The molecule has 2 aromatic rings. The Hall–Kier alpha value is -1.13. The summed E-state index contributed by atoms with van der Waals surface area (Å²) in [6.07, 6.45) is 0. The molecule has 13 heavy (non-hydrogen) atoms. The van der Waals surface area contributed by atoms with Crippen molar-refractivity contribution in [1.29, 1.82) is 0 Å². The van der Waals surface area contributed by atoms with Gasteiger partial charge in [0.05, 0.1) is 5.02 Å². The van der Waals surface area contributed by atoms with E-state index in [1.54, 1.807) is 6.07 Å². The Morgan fingerprint density at radius 2 is 2.08 bits per heavy atom. The van der Waals surface area contributed by atoms with E-state index in [2.05, 4.69) is 9.36 Å². The minimum atomic E-state index is 0.454. The SMILES string of the molecule is Nc1nc(-c2ccccc2Cl)ns1. The van der Waals surface area contributed by atoms with Crippen LogP contribution in [0, 0.1) is 0 Å². The standard InChI is InChI=1S/C8H6ClN3S/c9-6-4-2-1-3-5(6)7-11-8(10)13-12-7/h1-4H,(H2,10,11,12). The Morgan fingerprint density at radius 1 is 1.31 bits per heavy atom. The maximum atomic E-state index is 5.95. The molecule has 1 aromatic carbocycles. The quantitative estimate of drug-likeness (QED) is 0.788. The predicted octanol–water partition coefficient (Wildman–Crippen LogP) is 2.44. The second-order valence-corrected chi connectivity index (χ2v) is 3.63. The zero-order valence-electron chi connectivity index (χ0n) is 6.57. The van der Waals surface area contributed by atoms with E-state index < -0.39 is 0 Å². The van der Waals surface area contributed by atoms with Crippen LogP contribution in [0.1, 0.15) is 0 Å². The van der Waals surface area contributed by atoms with Gasteiger partial charge in [0.2, 0.25) is 0 Å². The molecular weight excluding hydrogens is 206 g/mol. The molecule has 0 spiro atoms. The van der Waals surface area contributed by atoms with Crippen LogP contribution in [-0.4, -0.2) is 9.36 Å². The maximum Gasteiger partial charge on any atom is 0.200 e. The number of halogens is 1. The highest BCUT2D eigenvalue weighted by molar-refractivity contribution is 7.09. The Kier molecular flexibility index (Phi) is 2.16. The van der Waals surface area contributed by atoms with Crippen molar-refractivity contribution in [2.45, 2.75) is 0 Å². The molecule has 0 aliphatic carbocycles. The molecule has 0 aliphatic heterocycles. The Balaban J connectivity index is 2.52. The fourth-order valence-electron chi connectivity index (χ4n) is 0.987. The summed E-state index contributed by atoms with van der Waals surface area (Å²) in [5.74, 6) is 0.591. The first-order valence-corrected chi connectivity index (χ1v) is 4.76. The average Bonchev–Trinajstić information content (AvgIpc) is 2.53. The molecule has 0 amide bonds. The van der Waals surface area contributed by atoms with Gasteiger partial charge >= 0.3 is 0 Å². The molecular formula is C8H6ClN3S. The number of benzene rings is 1. The summed E-state index contributed by atoms with van der Waals surface area (Å²) in [7, 11) is 0. The van der Waals surface area contributed by atoms with Crippen molar-refractivity contribution >= 4 is 28.3 Å². The first-order valence-electron chi connectivity index (χ1n) is 3.61. The minimum Gasteiger partial charge on any atom is -0.374 e. The molecule has 2 N–H and O–H groups in total. The van der Waals surface area contributed by atoms with Crippen molar-refractivity contribution in [3.8, 4) is 11.4 Å². The maximum absolute atomic E-state index is 5.95. The van der Waals surface area contributed by atoms with E-state index in [1.807, 2.05) is 18.2 Å². The number of aromatic nitrogens is 2. The van der Waals surface area contributed by atoms with Crippen LogP contribution in [0.25, 0.3) is 11.4 Å². The molecule has 1 aromatic heterocycles. The molecule has 0 bridgehead atoms. The van der Waals surface area contributed by atoms with E-state index in [0.717, 1.165) is 5.56 Å². The molecule has 0 aliphatic rings. The number of nitrogens with zero attached hydrogens (tertiary/aromatic N) is 2. The van der Waals surface area contributed by atoms with Gasteiger partial charge in [-0.1, -0.05) is 23.7 Å². The summed E-state index contributed by atoms with van der Waals surface area (Å²) in [5, 5.41) is 1.09. The van der Waals surface area contributed by atoms with Gasteiger partial charge < -0.3 is 5.73 Å². The highest BCUT2D eigenvalue weighted by atomic mass is 35.5. The smallest absolute Gasteiger partial charge is 0.200 e. The third-order valence-electron chi connectivity index (χ3n) is 1.56. The van der Waals surface area contributed by atoms with Gasteiger partial charge in [-0.3, -0.25) is 0 Å². The average molecular weight is 212 g/mol. The molecule has 0 saturated carbocycles. The minimum absolute atomic E-state index is 0.454. The predicted molar refractivity (Wildman–Crippen MR) is 54.8 cm³/mol. The fourth-order valence-corrected chi connectivity index (χ4v) is 1.65. The highest BCUT2D eigenvalue weighted by Gasteiger charge is 2.07. The number of hydrogen-bond donors (Lipinski definition) is 1. The van der Waals surface area contributed by atoms with Crippen LogP contribution < -0.4 is 5.73 Å². The van der Waals surface area contributed by atoms with E-state index in [0.29, 0.717) is 16.0 Å². The lowest BCUT2D eigenvalue weighted by Gasteiger charge is -1.96. The van der Waals surface area contributed by atoms with Gasteiger partial charge in [0.15, 0.2) is 11.0 Å². The number of anilines is 1. The summed E-state index contributed by atoms with van der Waals surface area (Å²) < 4.78 is 4.07. The highest BCUT2D eigenvalue weighted by Crippen LogP contribution is 2.26. The molecule has 0 atom stereocenters. The number of nitrogens with two attached hydrogens (primary N) is 1. The molecule has 3 nitrogen and oxygen atoms in total. The number of rotatable bonds is 1. The molecule has 0 radical (unpaired) electrons. The van der Waals surface area contributed by atoms with Crippen LogP contribution in [0.4, 0.5) is 5.13 Å². The topological polar surface area (TPSA) is 51.8 Å². The third kappa shape index (κ3) is 1.64. The summed E-state index contributed by atoms with van der Waals surface area (Å²) in [6.45, 7) is 0. The van der Waals surface area contributed by atoms with Gasteiger partial charge in [0.25, 0.3) is 0 Å². The molecule has 2 rings (SSSR count). The van der Waals surface area contributed by atoms with Crippen LogP contribution in [0.2, 0.25) is 5.02 Å². The van der Waals surface area contributed by atoms with Crippen LogP contribution in [-0.2, 0) is 0 Å². The van der Waals surface area contributed by atoms with E-state index >= 15 is 0 Å². The van der Waals surface area contributed by atoms with Gasteiger partial charge in [0, 0.05) is 17.1 Å². The Labute approximate surface area is 84.4 Å².